The van der Waals surface area contributed by atoms with Crippen molar-refractivity contribution < 1.29 is 22.8 Å². The van der Waals surface area contributed by atoms with Gasteiger partial charge in [-0.25, -0.2) is 9.97 Å². The normalized spacial score (nSPS) is 13.3. The van der Waals surface area contributed by atoms with Crippen LogP contribution in [0.15, 0.2) is 36.5 Å². The van der Waals surface area contributed by atoms with Gasteiger partial charge in [-0.2, -0.15) is 23.6 Å². The van der Waals surface area contributed by atoms with Crippen LogP contribution in [-0.4, -0.2) is 39.4 Å². The van der Waals surface area contributed by atoms with Gasteiger partial charge >= 0.3 is 6.18 Å². The predicted molar refractivity (Wildman–Crippen MR) is 120 cm³/mol. The van der Waals surface area contributed by atoms with Gasteiger partial charge in [0, 0.05) is 25.4 Å². The average Bonchev–Trinajstić information content (AvgIpc) is 2.81. The number of fused-ring (bicyclic) bond motifs is 1. The molecule has 0 saturated carbocycles. The molecule has 8 nitrogen and oxygen atoms in total. The van der Waals surface area contributed by atoms with Crippen molar-refractivity contribution in [3.05, 3.63) is 69.8 Å². The molecule has 0 saturated heterocycles. The number of amides is 1. The maximum absolute atomic E-state index is 13.2. The molecule has 2 N–H and O–H groups in total. The summed E-state index contributed by atoms with van der Waals surface area (Å²) in [5.41, 5.74) is 3.48. The van der Waals surface area contributed by atoms with Gasteiger partial charge in [-0.1, -0.05) is 17.7 Å². The molecule has 1 aliphatic rings. The van der Waals surface area contributed by atoms with Crippen molar-refractivity contribution in [2.24, 2.45) is 0 Å². The Kier molecular flexibility index (Phi) is 6.47. The van der Waals surface area contributed by atoms with Gasteiger partial charge in [0.1, 0.15) is 5.82 Å². The highest BCUT2D eigenvalue weighted by molar-refractivity contribution is 6.34. The lowest BCUT2D eigenvalue weighted by Gasteiger charge is -2.29. The lowest BCUT2D eigenvalue weighted by Crippen LogP contribution is -2.37. The summed E-state index contributed by atoms with van der Waals surface area (Å²) in [6.07, 6.45) is -2.71. The molecule has 0 radical (unpaired) electrons. The second-order valence-electron chi connectivity index (χ2n) is 7.50. The lowest BCUT2D eigenvalue weighted by atomic mass is 10.0. The number of nitrogens with zero attached hydrogens (tertiary/aromatic N) is 4. The van der Waals surface area contributed by atoms with Crippen molar-refractivity contribution >= 4 is 29.0 Å². The first-order chi connectivity index (χ1) is 16.2. The van der Waals surface area contributed by atoms with E-state index < -0.39 is 22.7 Å². The van der Waals surface area contributed by atoms with Crippen LogP contribution in [0.3, 0.4) is 0 Å². The Morgan fingerprint density at radius 1 is 1.21 bits per heavy atom. The van der Waals surface area contributed by atoms with Crippen LogP contribution in [0.5, 0.6) is 5.88 Å². The number of hydrogen-bond donors (Lipinski definition) is 2. The van der Waals surface area contributed by atoms with E-state index in [1.165, 1.54) is 17.0 Å². The van der Waals surface area contributed by atoms with Gasteiger partial charge in [-0.15, -0.1) is 0 Å². The van der Waals surface area contributed by atoms with E-state index >= 15 is 0 Å². The number of alkyl halides is 3. The van der Waals surface area contributed by atoms with Gasteiger partial charge in [0.2, 0.25) is 0 Å². The van der Waals surface area contributed by atoms with Crippen LogP contribution in [0.25, 0.3) is 0 Å². The number of aromatic nitrogens is 3. The quantitative estimate of drug-likeness (QED) is 0.507. The standard InChI is InChI=1S/C22H20ClF3N6O2/c1-12-29-17-11-32(21(33)14-5-3-6-15(18(14)23)22(24,25)26)10-8-13(17)20(30-12)34-31-19-16(27-2)7-4-9-28-19/h3-7,9,27H,8,10-11H2,1-2H3,(H,28,31). The SMILES string of the molecule is CNc1cccnc1NOc1nc(C)nc2c1CCN(C(=O)c1cccc(C(F)(F)F)c1Cl)C2. The third kappa shape index (κ3) is 4.69. The van der Waals surface area contributed by atoms with Crippen molar-refractivity contribution in [2.45, 2.75) is 26.1 Å². The Morgan fingerprint density at radius 2 is 2.00 bits per heavy atom. The first kappa shape index (κ1) is 23.6. The molecule has 3 heterocycles. The number of pyridine rings is 1. The molecule has 0 bridgehead atoms. The Hall–Kier alpha value is -3.60. The van der Waals surface area contributed by atoms with Crippen LogP contribution in [0.2, 0.25) is 5.02 Å². The molecule has 2 aromatic heterocycles. The van der Waals surface area contributed by atoms with E-state index in [9.17, 15) is 18.0 Å². The summed E-state index contributed by atoms with van der Waals surface area (Å²) >= 11 is 5.95. The largest absolute Gasteiger partial charge is 0.417 e. The minimum absolute atomic E-state index is 0.0752. The molecule has 0 spiro atoms. The summed E-state index contributed by atoms with van der Waals surface area (Å²) in [6, 6.07) is 6.89. The minimum Gasteiger partial charge on any atom is -0.385 e. The van der Waals surface area contributed by atoms with Crippen LogP contribution < -0.4 is 15.6 Å². The molecular formula is C22H20ClF3N6O2. The molecule has 12 heteroatoms. The fourth-order valence-corrected chi connectivity index (χ4v) is 3.96. The van der Waals surface area contributed by atoms with Gasteiger partial charge in [0.25, 0.3) is 11.8 Å². The van der Waals surface area contributed by atoms with Gasteiger partial charge in [0.05, 0.1) is 34.1 Å². The van der Waals surface area contributed by atoms with Crippen LogP contribution in [-0.2, 0) is 19.1 Å². The highest BCUT2D eigenvalue weighted by atomic mass is 35.5. The van der Waals surface area contributed by atoms with E-state index in [4.69, 9.17) is 16.4 Å². The fraction of sp³-hybridized carbons (Fsp3) is 0.273. The third-order valence-electron chi connectivity index (χ3n) is 5.28. The molecule has 34 heavy (non-hydrogen) atoms. The van der Waals surface area contributed by atoms with E-state index in [-0.39, 0.29) is 18.7 Å². The average molecular weight is 493 g/mol. The summed E-state index contributed by atoms with van der Waals surface area (Å²) in [7, 11) is 1.75. The number of benzene rings is 1. The van der Waals surface area contributed by atoms with Gasteiger partial charge in [0.15, 0.2) is 5.82 Å². The minimum atomic E-state index is -4.66. The zero-order chi connectivity index (χ0) is 24.5. The Bertz CT molecular complexity index is 1240. The zero-order valence-electron chi connectivity index (χ0n) is 18.2. The van der Waals surface area contributed by atoms with E-state index in [0.717, 1.165) is 11.8 Å². The molecule has 0 fully saturated rings. The molecule has 0 aliphatic carbocycles. The number of halogens is 4. The third-order valence-corrected chi connectivity index (χ3v) is 5.69. The van der Waals surface area contributed by atoms with Gasteiger partial charge in [-0.05, 0) is 37.6 Å². The van der Waals surface area contributed by atoms with Crippen LogP contribution in [0.4, 0.5) is 24.7 Å². The molecule has 1 amide bonds. The number of nitrogens with one attached hydrogen (secondary N) is 2. The van der Waals surface area contributed by atoms with E-state index in [1.54, 1.807) is 26.2 Å². The van der Waals surface area contributed by atoms with Crippen LogP contribution in [0.1, 0.15) is 33.0 Å². The molecule has 1 aliphatic heterocycles. The van der Waals surface area contributed by atoms with Crippen molar-refractivity contribution in [3.8, 4) is 5.88 Å². The fourth-order valence-electron chi connectivity index (χ4n) is 3.64. The number of anilines is 2. The first-order valence-electron chi connectivity index (χ1n) is 10.3. The smallest absolute Gasteiger partial charge is 0.385 e. The van der Waals surface area contributed by atoms with E-state index in [1.807, 2.05) is 6.07 Å². The molecule has 3 aromatic rings. The predicted octanol–water partition coefficient (Wildman–Crippen LogP) is 4.50. The molecular weight excluding hydrogens is 473 g/mol. The van der Waals surface area contributed by atoms with Crippen molar-refractivity contribution in [3.63, 3.8) is 0 Å². The van der Waals surface area contributed by atoms with E-state index in [0.29, 0.717) is 35.2 Å². The second-order valence-corrected chi connectivity index (χ2v) is 7.87. The lowest BCUT2D eigenvalue weighted by molar-refractivity contribution is -0.137. The maximum atomic E-state index is 13.2. The van der Waals surface area contributed by atoms with Crippen molar-refractivity contribution in [1.29, 1.82) is 0 Å². The van der Waals surface area contributed by atoms with Gasteiger partial charge < -0.3 is 15.1 Å². The number of carbonyl (C=O) groups is 1. The molecule has 0 unspecified atom stereocenters. The molecule has 178 valence electrons. The monoisotopic (exact) mass is 492 g/mol. The number of carbonyl (C=O) groups excluding carboxylic acids is 1. The summed E-state index contributed by atoms with van der Waals surface area (Å²) in [5, 5.41) is 2.38. The first-order valence-corrected chi connectivity index (χ1v) is 10.6. The summed E-state index contributed by atoms with van der Waals surface area (Å²) in [6.45, 7) is 1.98. The van der Waals surface area contributed by atoms with Crippen molar-refractivity contribution in [2.75, 3.05) is 24.4 Å². The summed E-state index contributed by atoms with van der Waals surface area (Å²) in [5.74, 6) is 0.559. The summed E-state index contributed by atoms with van der Waals surface area (Å²) in [4.78, 5) is 33.1. The van der Waals surface area contributed by atoms with Crippen molar-refractivity contribution in [1.82, 2.24) is 19.9 Å². The highest BCUT2D eigenvalue weighted by Crippen LogP contribution is 2.37. The van der Waals surface area contributed by atoms with Crippen LogP contribution in [0, 0.1) is 6.92 Å². The maximum Gasteiger partial charge on any atom is 0.417 e. The van der Waals surface area contributed by atoms with Crippen LogP contribution >= 0.6 is 11.6 Å². The number of rotatable bonds is 5. The Labute approximate surface area is 198 Å². The second kappa shape index (κ2) is 9.34. The highest BCUT2D eigenvalue weighted by Gasteiger charge is 2.36. The summed E-state index contributed by atoms with van der Waals surface area (Å²) < 4.78 is 39.6. The molecule has 4 rings (SSSR count). The Balaban J connectivity index is 1.57. The number of hydrogen-bond acceptors (Lipinski definition) is 7. The zero-order valence-corrected chi connectivity index (χ0v) is 19.0. The Morgan fingerprint density at radius 3 is 2.74 bits per heavy atom. The number of aryl methyl sites for hydroxylation is 1. The van der Waals surface area contributed by atoms with Gasteiger partial charge in [-0.3, -0.25) is 4.79 Å². The molecule has 0 atom stereocenters. The molecule has 1 aromatic carbocycles. The topological polar surface area (TPSA) is 92.3 Å². The van der Waals surface area contributed by atoms with E-state index in [2.05, 4.69) is 25.7 Å².